The molecule has 4 rings (SSSR count). The average Bonchev–Trinajstić information content (AvgIpc) is 3.43. The van der Waals surface area contributed by atoms with E-state index >= 15 is 0 Å². The Morgan fingerprint density at radius 3 is 2.39 bits per heavy atom. The molecule has 2 nitrogen and oxygen atoms in total. The molecule has 28 heavy (non-hydrogen) atoms. The summed E-state index contributed by atoms with van der Waals surface area (Å²) in [5.74, 6) is 7.00. The van der Waals surface area contributed by atoms with Crippen LogP contribution in [0.2, 0.25) is 0 Å². The number of hydrogen-bond acceptors (Lipinski definition) is 2. The van der Waals surface area contributed by atoms with Crippen LogP contribution in [0.25, 0.3) is 0 Å². The van der Waals surface area contributed by atoms with E-state index in [1.54, 1.807) is 0 Å². The van der Waals surface area contributed by atoms with E-state index in [2.05, 4.69) is 54.6 Å². The summed E-state index contributed by atoms with van der Waals surface area (Å²) in [4.78, 5) is 2.55. The lowest BCUT2D eigenvalue weighted by molar-refractivity contribution is 0.191. The van der Waals surface area contributed by atoms with E-state index in [-0.39, 0.29) is 5.41 Å². The highest BCUT2D eigenvalue weighted by Gasteiger charge is 2.44. The molecule has 1 heterocycles. The zero-order valence-corrected chi connectivity index (χ0v) is 18.1. The summed E-state index contributed by atoms with van der Waals surface area (Å²) < 4.78 is 0. The maximum Gasteiger partial charge on any atom is 0.0605 e. The molecule has 0 atom stereocenters. The Morgan fingerprint density at radius 2 is 1.86 bits per heavy atom. The third-order valence-corrected chi connectivity index (χ3v) is 7.83. The van der Waals surface area contributed by atoms with Crippen molar-refractivity contribution < 1.29 is 0 Å². The lowest BCUT2D eigenvalue weighted by Gasteiger charge is -2.45. The van der Waals surface area contributed by atoms with Crippen molar-refractivity contribution in [2.24, 2.45) is 5.41 Å². The third kappa shape index (κ3) is 3.50. The van der Waals surface area contributed by atoms with E-state index in [9.17, 15) is 0 Å². The minimum absolute atomic E-state index is 0.126. The molecule has 1 saturated heterocycles. The molecule has 0 radical (unpaired) electrons. The molecule has 0 unspecified atom stereocenters. The minimum Gasteiger partial charge on any atom is -0.391 e. The smallest absolute Gasteiger partial charge is 0.0605 e. The van der Waals surface area contributed by atoms with Gasteiger partial charge in [0.15, 0.2) is 0 Å². The van der Waals surface area contributed by atoms with E-state index in [0.717, 1.165) is 18.4 Å². The van der Waals surface area contributed by atoms with Gasteiger partial charge in [0, 0.05) is 23.7 Å². The number of nitrogens with one attached hydrogen (secondary N) is 1. The van der Waals surface area contributed by atoms with Crippen LogP contribution in [0.15, 0.2) is 24.4 Å². The van der Waals surface area contributed by atoms with E-state index in [1.807, 2.05) is 7.05 Å². The van der Waals surface area contributed by atoms with Gasteiger partial charge in [-0.3, -0.25) is 4.90 Å². The monoisotopic (exact) mass is 376 g/mol. The number of rotatable bonds is 5. The second kappa shape index (κ2) is 7.60. The van der Waals surface area contributed by atoms with Crippen LogP contribution in [0.1, 0.15) is 74.1 Å². The summed E-state index contributed by atoms with van der Waals surface area (Å²) in [6.45, 7) is 12.2. The van der Waals surface area contributed by atoms with Crippen LogP contribution in [-0.4, -0.2) is 31.6 Å². The van der Waals surface area contributed by atoms with Crippen molar-refractivity contribution in [2.75, 3.05) is 26.7 Å². The summed E-state index contributed by atoms with van der Waals surface area (Å²) in [6, 6.07) is 4.76. The molecule has 1 aromatic rings. The molecule has 2 aliphatic carbocycles. The highest BCUT2D eigenvalue weighted by molar-refractivity contribution is 5.52. The molecule has 0 aromatic heterocycles. The Morgan fingerprint density at radius 1 is 1.14 bits per heavy atom. The number of nitrogens with zero attached hydrogens (tertiary/aromatic N) is 1. The van der Waals surface area contributed by atoms with Crippen LogP contribution < -0.4 is 5.32 Å². The Bertz CT molecular complexity index is 805. The molecule has 3 aliphatic rings. The number of likely N-dealkylation sites (N-methyl/N-ethyl adjacent to an activating group) is 1. The van der Waals surface area contributed by atoms with Crippen molar-refractivity contribution >= 4 is 0 Å². The Kier molecular flexibility index (Phi) is 5.32. The third-order valence-electron chi connectivity index (χ3n) is 7.83. The van der Waals surface area contributed by atoms with Crippen molar-refractivity contribution in [3.8, 4) is 11.8 Å². The van der Waals surface area contributed by atoms with Gasteiger partial charge in [-0.15, -0.1) is 0 Å². The van der Waals surface area contributed by atoms with Gasteiger partial charge in [-0.2, -0.15) is 0 Å². The van der Waals surface area contributed by atoms with Gasteiger partial charge in [-0.05, 0) is 93.1 Å². The van der Waals surface area contributed by atoms with Crippen LogP contribution in [0.4, 0.5) is 0 Å². The molecular weight excluding hydrogens is 340 g/mol. The van der Waals surface area contributed by atoms with Crippen molar-refractivity contribution in [1.29, 1.82) is 0 Å². The molecule has 150 valence electrons. The average molecular weight is 377 g/mol. The van der Waals surface area contributed by atoms with Gasteiger partial charge < -0.3 is 5.32 Å². The van der Waals surface area contributed by atoms with Crippen molar-refractivity contribution in [3.63, 3.8) is 0 Å². The molecular formula is C26H36N2. The summed E-state index contributed by atoms with van der Waals surface area (Å²) in [5, 5.41) is 3.34. The van der Waals surface area contributed by atoms with Gasteiger partial charge in [0.2, 0.25) is 0 Å². The first-order chi connectivity index (χ1) is 13.5. The zero-order chi connectivity index (χ0) is 19.8. The molecule has 1 N–H and O–H groups in total. The predicted octanol–water partition coefficient (Wildman–Crippen LogP) is 4.94. The zero-order valence-electron chi connectivity index (χ0n) is 18.1. The number of allylic oxidation sites excluding steroid dienone is 1. The van der Waals surface area contributed by atoms with Crippen LogP contribution in [0.5, 0.6) is 0 Å². The topological polar surface area (TPSA) is 15.3 Å². The second-order valence-corrected chi connectivity index (χ2v) is 9.42. The minimum atomic E-state index is 0.126. The normalized spacial score (nSPS) is 22.1. The quantitative estimate of drug-likeness (QED) is 0.732. The maximum atomic E-state index is 4.33. The first kappa shape index (κ1) is 19.6. The van der Waals surface area contributed by atoms with Crippen LogP contribution in [-0.2, 0) is 11.8 Å². The predicted molar refractivity (Wildman–Crippen MR) is 119 cm³/mol. The SMILES string of the molecule is C=C(NC)C1(c2cc(CC)c(C#CCN3CCC4(CC3)CC4)cc2C)CCC1. The van der Waals surface area contributed by atoms with Crippen molar-refractivity contribution in [2.45, 2.75) is 70.6 Å². The number of benzene rings is 1. The molecule has 0 amide bonds. The molecule has 3 fully saturated rings. The van der Waals surface area contributed by atoms with Gasteiger partial charge in [0.05, 0.1) is 6.54 Å². The lowest BCUT2D eigenvalue weighted by atomic mass is 9.61. The van der Waals surface area contributed by atoms with E-state index in [0.29, 0.717) is 0 Å². The van der Waals surface area contributed by atoms with Gasteiger partial charge in [-0.1, -0.05) is 37.8 Å². The fourth-order valence-corrected chi connectivity index (χ4v) is 5.29. The number of likely N-dealkylation sites (tertiary alicyclic amines) is 1. The first-order valence-electron chi connectivity index (χ1n) is 11.2. The van der Waals surface area contributed by atoms with Crippen molar-refractivity contribution in [1.82, 2.24) is 10.2 Å². The Hall–Kier alpha value is -1.72. The number of piperidine rings is 1. The fourth-order valence-electron chi connectivity index (χ4n) is 5.29. The molecule has 1 spiro atoms. The summed E-state index contributed by atoms with van der Waals surface area (Å²) >= 11 is 0. The molecule has 0 bridgehead atoms. The van der Waals surface area contributed by atoms with Crippen LogP contribution in [0.3, 0.4) is 0 Å². The summed E-state index contributed by atoms with van der Waals surface area (Å²) in [6.07, 6.45) is 10.5. The summed E-state index contributed by atoms with van der Waals surface area (Å²) in [7, 11) is 2.00. The maximum absolute atomic E-state index is 4.33. The molecule has 2 saturated carbocycles. The van der Waals surface area contributed by atoms with Gasteiger partial charge in [-0.25, -0.2) is 0 Å². The second-order valence-electron chi connectivity index (χ2n) is 9.42. The van der Waals surface area contributed by atoms with Gasteiger partial charge in [0.25, 0.3) is 0 Å². The standard InChI is InChI=1S/C26H36N2/c1-5-22-19-24(26(9-7-10-26)21(3)27-4)20(2)18-23(22)8-6-15-28-16-13-25(11-12-25)14-17-28/h18-19,27H,3,5,7,9-17H2,1-2,4H3. The molecule has 2 heteroatoms. The Labute approximate surface area is 171 Å². The van der Waals surface area contributed by atoms with E-state index in [1.165, 1.54) is 86.0 Å². The molecule has 1 aliphatic heterocycles. The largest absolute Gasteiger partial charge is 0.391 e. The van der Waals surface area contributed by atoms with Crippen LogP contribution >= 0.6 is 0 Å². The van der Waals surface area contributed by atoms with Gasteiger partial charge >= 0.3 is 0 Å². The Balaban J connectivity index is 1.51. The van der Waals surface area contributed by atoms with E-state index < -0.39 is 0 Å². The van der Waals surface area contributed by atoms with Crippen LogP contribution in [0, 0.1) is 24.2 Å². The highest BCUT2D eigenvalue weighted by atomic mass is 15.1. The molecule has 1 aromatic carbocycles. The lowest BCUT2D eigenvalue weighted by Crippen LogP contribution is -2.41. The fraction of sp³-hybridized carbons (Fsp3) is 0.615. The van der Waals surface area contributed by atoms with E-state index in [4.69, 9.17) is 0 Å². The number of aryl methyl sites for hydroxylation is 2. The summed E-state index contributed by atoms with van der Waals surface area (Å²) in [5.41, 5.74) is 7.49. The first-order valence-corrected chi connectivity index (χ1v) is 11.2. The van der Waals surface area contributed by atoms with Crippen molar-refractivity contribution in [3.05, 3.63) is 46.7 Å². The number of hydrogen-bond donors (Lipinski definition) is 1. The van der Waals surface area contributed by atoms with Gasteiger partial charge in [0.1, 0.15) is 0 Å². The highest BCUT2D eigenvalue weighted by Crippen LogP contribution is 2.53.